The molecule has 0 aromatic heterocycles. The summed E-state index contributed by atoms with van der Waals surface area (Å²) < 4.78 is 4.85. The number of unbranched alkanes of at least 4 members (excludes halogenated alkanes) is 6. The second-order valence-electron chi connectivity index (χ2n) is 3.82. The summed E-state index contributed by atoms with van der Waals surface area (Å²) in [6.45, 7) is 4.12. The van der Waals surface area contributed by atoms with Crippen molar-refractivity contribution in [3.05, 3.63) is 12.2 Å². The molecule has 0 fully saturated rings. The van der Waals surface area contributed by atoms with Crippen molar-refractivity contribution >= 4 is 5.97 Å². The number of esters is 1. The van der Waals surface area contributed by atoms with E-state index < -0.39 is 0 Å². The van der Waals surface area contributed by atoms with Gasteiger partial charge in [0.2, 0.25) is 0 Å². The number of carbonyl (C=O) groups is 1. The highest BCUT2D eigenvalue weighted by Crippen LogP contribution is 2.07. The molecule has 0 saturated heterocycles. The van der Waals surface area contributed by atoms with Gasteiger partial charge in [-0.25, -0.2) is 0 Å². The van der Waals surface area contributed by atoms with Gasteiger partial charge >= 0.3 is 5.97 Å². The fraction of sp³-hybridized carbons (Fsp3) is 0.769. The Hall–Kier alpha value is -0.790. The van der Waals surface area contributed by atoms with Crippen molar-refractivity contribution in [2.75, 3.05) is 6.61 Å². The van der Waals surface area contributed by atoms with Gasteiger partial charge in [-0.2, -0.15) is 0 Å². The first-order valence-electron chi connectivity index (χ1n) is 6.02. The largest absolute Gasteiger partial charge is 0.466 e. The van der Waals surface area contributed by atoms with E-state index in [-0.39, 0.29) is 5.97 Å². The molecule has 0 radical (unpaired) electrons. The number of allylic oxidation sites excluding steroid dienone is 2. The zero-order valence-electron chi connectivity index (χ0n) is 10.1. The lowest BCUT2D eigenvalue weighted by molar-refractivity contribution is -0.141. The Labute approximate surface area is 93.7 Å². The minimum absolute atomic E-state index is 0.165. The fourth-order valence-electron chi connectivity index (χ4n) is 1.45. The molecule has 0 amide bonds. The molecule has 0 spiro atoms. The highest BCUT2D eigenvalue weighted by atomic mass is 16.5. The molecule has 0 aromatic rings. The zero-order chi connectivity index (χ0) is 11.4. The van der Waals surface area contributed by atoms with Crippen molar-refractivity contribution in [2.24, 2.45) is 0 Å². The molecule has 15 heavy (non-hydrogen) atoms. The van der Waals surface area contributed by atoms with E-state index in [1.54, 1.807) is 0 Å². The topological polar surface area (TPSA) is 26.3 Å². The fourth-order valence-corrected chi connectivity index (χ4v) is 1.45. The summed E-state index contributed by atoms with van der Waals surface area (Å²) in [4.78, 5) is 10.5. The lowest BCUT2D eigenvalue weighted by atomic mass is 10.1. The molecule has 0 aliphatic rings. The van der Waals surface area contributed by atoms with Crippen molar-refractivity contribution < 1.29 is 9.53 Å². The van der Waals surface area contributed by atoms with Crippen LogP contribution in [0.25, 0.3) is 0 Å². The van der Waals surface area contributed by atoms with Gasteiger partial charge in [-0.3, -0.25) is 4.79 Å². The number of rotatable bonds is 9. The molecule has 2 heteroatoms. The molecule has 0 N–H and O–H groups in total. The van der Waals surface area contributed by atoms with Crippen LogP contribution in [0.15, 0.2) is 12.2 Å². The van der Waals surface area contributed by atoms with Crippen LogP contribution < -0.4 is 0 Å². The highest BCUT2D eigenvalue weighted by molar-refractivity contribution is 5.65. The van der Waals surface area contributed by atoms with Gasteiger partial charge in [0.1, 0.15) is 0 Å². The second-order valence-corrected chi connectivity index (χ2v) is 3.82. The van der Waals surface area contributed by atoms with E-state index in [9.17, 15) is 4.79 Å². The van der Waals surface area contributed by atoms with E-state index in [0.717, 1.165) is 6.42 Å². The van der Waals surface area contributed by atoms with Crippen LogP contribution in [-0.4, -0.2) is 12.6 Å². The van der Waals surface area contributed by atoms with Gasteiger partial charge in [-0.15, -0.1) is 0 Å². The first-order valence-corrected chi connectivity index (χ1v) is 6.02. The Morgan fingerprint density at radius 3 is 2.27 bits per heavy atom. The third-order valence-corrected chi connectivity index (χ3v) is 2.31. The van der Waals surface area contributed by atoms with E-state index in [4.69, 9.17) is 4.74 Å². The van der Waals surface area contributed by atoms with Crippen LogP contribution in [0.3, 0.4) is 0 Å². The van der Waals surface area contributed by atoms with Gasteiger partial charge in [0.15, 0.2) is 0 Å². The van der Waals surface area contributed by atoms with E-state index in [1.807, 2.05) is 0 Å². The summed E-state index contributed by atoms with van der Waals surface area (Å²) in [5.74, 6) is -0.165. The van der Waals surface area contributed by atoms with Gasteiger partial charge in [-0.1, -0.05) is 37.8 Å². The van der Waals surface area contributed by atoms with Crippen LogP contribution >= 0.6 is 0 Å². The Balaban J connectivity index is 2.95. The number of hydrogen-bond donors (Lipinski definition) is 0. The molecule has 0 heterocycles. The third kappa shape index (κ3) is 13.2. The molecule has 0 aromatic carbocycles. The molecule has 0 aliphatic carbocycles. The molecule has 88 valence electrons. The Morgan fingerprint density at radius 1 is 1.07 bits per heavy atom. The molecular formula is C13H24O2. The predicted molar refractivity (Wildman–Crippen MR) is 63.8 cm³/mol. The zero-order valence-corrected chi connectivity index (χ0v) is 10.1. The average molecular weight is 212 g/mol. The van der Waals surface area contributed by atoms with Crippen LogP contribution in [-0.2, 0) is 9.53 Å². The number of ether oxygens (including phenoxy) is 1. The highest BCUT2D eigenvalue weighted by Gasteiger charge is 1.93. The number of hydrogen-bond acceptors (Lipinski definition) is 2. The standard InChI is InChI=1S/C13H24O2/c1-3-4-5-6-7-8-9-10-11-12-15-13(2)14/h3-4H,5-12H2,1-2H3/b4-3+. The minimum Gasteiger partial charge on any atom is -0.466 e. The normalized spacial score (nSPS) is 10.8. The molecule has 0 atom stereocenters. The molecule has 0 aliphatic heterocycles. The SMILES string of the molecule is C/C=C/CCCCCCCCOC(C)=O. The van der Waals surface area contributed by atoms with E-state index in [0.29, 0.717) is 6.61 Å². The molecule has 0 saturated carbocycles. The Kier molecular flexibility index (Phi) is 10.7. The first kappa shape index (κ1) is 14.2. The lowest BCUT2D eigenvalue weighted by Crippen LogP contribution is -1.99. The van der Waals surface area contributed by atoms with Gasteiger partial charge in [0.25, 0.3) is 0 Å². The molecule has 0 bridgehead atoms. The second kappa shape index (κ2) is 11.3. The van der Waals surface area contributed by atoms with Gasteiger partial charge in [0.05, 0.1) is 6.61 Å². The van der Waals surface area contributed by atoms with E-state index >= 15 is 0 Å². The summed E-state index contributed by atoms with van der Waals surface area (Å²) in [5, 5.41) is 0. The molecule has 0 unspecified atom stereocenters. The third-order valence-electron chi connectivity index (χ3n) is 2.31. The van der Waals surface area contributed by atoms with Crippen LogP contribution in [0.2, 0.25) is 0 Å². The van der Waals surface area contributed by atoms with Crippen molar-refractivity contribution in [1.29, 1.82) is 0 Å². The van der Waals surface area contributed by atoms with Crippen LogP contribution in [0.4, 0.5) is 0 Å². The van der Waals surface area contributed by atoms with Crippen molar-refractivity contribution in [1.82, 2.24) is 0 Å². The first-order chi connectivity index (χ1) is 7.27. The van der Waals surface area contributed by atoms with Gasteiger partial charge < -0.3 is 4.74 Å². The molecule has 2 nitrogen and oxygen atoms in total. The summed E-state index contributed by atoms with van der Waals surface area (Å²) in [6, 6.07) is 0. The minimum atomic E-state index is -0.165. The quantitative estimate of drug-likeness (QED) is 0.329. The maximum Gasteiger partial charge on any atom is 0.302 e. The molecule has 0 rings (SSSR count). The Bertz CT molecular complexity index is 173. The van der Waals surface area contributed by atoms with Crippen molar-refractivity contribution in [3.63, 3.8) is 0 Å². The summed E-state index contributed by atoms with van der Waals surface area (Å²) in [6.07, 6.45) is 12.9. The maximum absolute atomic E-state index is 10.5. The monoisotopic (exact) mass is 212 g/mol. The van der Waals surface area contributed by atoms with Crippen LogP contribution in [0.5, 0.6) is 0 Å². The van der Waals surface area contributed by atoms with E-state index in [1.165, 1.54) is 45.4 Å². The lowest BCUT2D eigenvalue weighted by Gasteiger charge is -2.01. The van der Waals surface area contributed by atoms with Gasteiger partial charge in [0, 0.05) is 6.92 Å². The van der Waals surface area contributed by atoms with Crippen LogP contribution in [0, 0.1) is 0 Å². The average Bonchev–Trinajstić information content (AvgIpc) is 2.20. The Morgan fingerprint density at radius 2 is 1.67 bits per heavy atom. The number of carbonyl (C=O) groups excluding carboxylic acids is 1. The van der Waals surface area contributed by atoms with Gasteiger partial charge in [-0.05, 0) is 26.2 Å². The van der Waals surface area contributed by atoms with E-state index in [2.05, 4.69) is 19.1 Å². The summed E-state index contributed by atoms with van der Waals surface area (Å²) in [5.41, 5.74) is 0. The summed E-state index contributed by atoms with van der Waals surface area (Å²) in [7, 11) is 0. The van der Waals surface area contributed by atoms with Crippen LogP contribution in [0.1, 0.15) is 58.8 Å². The summed E-state index contributed by atoms with van der Waals surface area (Å²) >= 11 is 0. The predicted octanol–water partition coefficient (Wildman–Crippen LogP) is 3.86. The van der Waals surface area contributed by atoms with Crippen molar-refractivity contribution in [3.8, 4) is 0 Å². The molecular weight excluding hydrogens is 188 g/mol. The maximum atomic E-state index is 10.5. The van der Waals surface area contributed by atoms with Crippen molar-refractivity contribution in [2.45, 2.75) is 58.8 Å². The smallest absolute Gasteiger partial charge is 0.302 e.